The van der Waals surface area contributed by atoms with Crippen molar-refractivity contribution in [1.82, 2.24) is 0 Å². The summed E-state index contributed by atoms with van der Waals surface area (Å²) < 4.78 is 5.96. The average molecular weight is 242 g/mol. The highest BCUT2D eigenvalue weighted by Gasteiger charge is 2.08. The highest BCUT2D eigenvalue weighted by molar-refractivity contribution is 5.71. The Morgan fingerprint density at radius 2 is 1.88 bits per heavy atom. The van der Waals surface area contributed by atoms with Crippen molar-refractivity contribution in [2.24, 2.45) is 0 Å². The van der Waals surface area contributed by atoms with E-state index >= 15 is 0 Å². The first-order chi connectivity index (χ1) is 7.95. The summed E-state index contributed by atoms with van der Waals surface area (Å²) in [6.07, 6.45) is 9.19. The molecule has 0 amide bonds. The summed E-state index contributed by atoms with van der Waals surface area (Å²) in [6, 6.07) is 0. The van der Waals surface area contributed by atoms with Gasteiger partial charge >= 0.3 is 5.97 Å². The second-order valence-electron chi connectivity index (χ2n) is 5.41. The third-order valence-electron chi connectivity index (χ3n) is 2.45. The SMILES string of the molecule is CCCCCC=CCC(=O)OCC[N+](C)(C)C. The van der Waals surface area contributed by atoms with Crippen LogP contribution in [0.2, 0.25) is 0 Å². The molecule has 0 unspecified atom stereocenters. The van der Waals surface area contributed by atoms with Crippen LogP contribution in [-0.4, -0.2) is 44.7 Å². The summed E-state index contributed by atoms with van der Waals surface area (Å²) >= 11 is 0. The number of hydrogen-bond donors (Lipinski definition) is 0. The fourth-order valence-electron chi connectivity index (χ4n) is 1.30. The number of nitrogens with zero attached hydrogens (tertiary/aromatic N) is 1. The van der Waals surface area contributed by atoms with E-state index in [1.807, 2.05) is 6.08 Å². The van der Waals surface area contributed by atoms with Crippen LogP contribution in [0.3, 0.4) is 0 Å². The second-order valence-corrected chi connectivity index (χ2v) is 5.41. The number of carbonyl (C=O) groups is 1. The van der Waals surface area contributed by atoms with Crippen LogP contribution < -0.4 is 0 Å². The molecule has 0 aliphatic heterocycles. The van der Waals surface area contributed by atoms with Crippen LogP contribution in [0.1, 0.15) is 39.0 Å². The standard InChI is InChI=1S/C14H28NO2/c1-5-6-7-8-9-10-11-14(16)17-13-12-15(2,3)4/h9-10H,5-8,11-13H2,1-4H3/q+1. The number of likely N-dealkylation sites (N-methyl/N-ethyl adjacent to an activating group) is 1. The molecule has 0 aliphatic rings. The van der Waals surface area contributed by atoms with E-state index in [2.05, 4.69) is 34.1 Å². The number of esters is 1. The molecule has 0 rings (SSSR count). The van der Waals surface area contributed by atoms with Gasteiger partial charge in [-0.15, -0.1) is 0 Å². The number of carbonyl (C=O) groups excluding carboxylic acids is 1. The Hall–Kier alpha value is -0.830. The number of unbranched alkanes of at least 4 members (excludes halogenated alkanes) is 3. The van der Waals surface area contributed by atoms with E-state index in [0.29, 0.717) is 13.0 Å². The maximum atomic E-state index is 11.3. The topological polar surface area (TPSA) is 26.3 Å². The van der Waals surface area contributed by atoms with E-state index in [1.165, 1.54) is 19.3 Å². The molecule has 0 radical (unpaired) electrons. The molecular weight excluding hydrogens is 214 g/mol. The molecule has 0 atom stereocenters. The van der Waals surface area contributed by atoms with Gasteiger partial charge in [-0.05, 0) is 12.8 Å². The van der Waals surface area contributed by atoms with Gasteiger partial charge in [-0.3, -0.25) is 4.79 Å². The Labute approximate surface area is 106 Å². The summed E-state index contributed by atoms with van der Waals surface area (Å²) in [4.78, 5) is 11.3. The van der Waals surface area contributed by atoms with Gasteiger partial charge in [-0.25, -0.2) is 0 Å². The van der Waals surface area contributed by atoms with Gasteiger partial charge in [-0.2, -0.15) is 0 Å². The Kier molecular flexibility index (Phi) is 8.78. The molecule has 100 valence electrons. The minimum Gasteiger partial charge on any atom is -0.459 e. The lowest BCUT2D eigenvalue weighted by atomic mass is 10.2. The molecule has 0 aliphatic carbocycles. The first kappa shape index (κ1) is 16.2. The number of quaternary nitrogens is 1. The molecule has 17 heavy (non-hydrogen) atoms. The van der Waals surface area contributed by atoms with Gasteiger partial charge in [-0.1, -0.05) is 31.9 Å². The molecule has 0 fully saturated rings. The van der Waals surface area contributed by atoms with Gasteiger partial charge in [0.25, 0.3) is 0 Å². The zero-order valence-corrected chi connectivity index (χ0v) is 11.9. The highest BCUT2D eigenvalue weighted by atomic mass is 16.5. The summed E-state index contributed by atoms with van der Waals surface area (Å²) in [5, 5.41) is 0. The van der Waals surface area contributed by atoms with Gasteiger partial charge < -0.3 is 9.22 Å². The smallest absolute Gasteiger partial charge is 0.309 e. The Morgan fingerprint density at radius 1 is 1.18 bits per heavy atom. The Balaban J connectivity index is 3.46. The first-order valence-electron chi connectivity index (χ1n) is 6.57. The maximum absolute atomic E-state index is 11.3. The molecule has 0 N–H and O–H groups in total. The van der Waals surface area contributed by atoms with Crippen molar-refractivity contribution in [2.75, 3.05) is 34.3 Å². The molecule has 0 aromatic carbocycles. The number of rotatable bonds is 9. The van der Waals surface area contributed by atoms with E-state index in [-0.39, 0.29) is 5.97 Å². The summed E-state index contributed by atoms with van der Waals surface area (Å²) in [5.41, 5.74) is 0. The third-order valence-corrected chi connectivity index (χ3v) is 2.45. The van der Waals surface area contributed by atoms with Gasteiger partial charge in [0.15, 0.2) is 0 Å². The van der Waals surface area contributed by atoms with Gasteiger partial charge in [0, 0.05) is 0 Å². The molecule has 3 nitrogen and oxygen atoms in total. The summed E-state index contributed by atoms with van der Waals surface area (Å²) in [6.45, 7) is 3.55. The fourth-order valence-corrected chi connectivity index (χ4v) is 1.30. The predicted octanol–water partition coefficient (Wildman–Crippen LogP) is 2.76. The molecular formula is C14H28NO2+. The fraction of sp³-hybridized carbons (Fsp3) is 0.786. The van der Waals surface area contributed by atoms with Crippen LogP contribution in [0.25, 0.3) is 0 Å². The van der Waals surface area contributed by atoms with Crippen molar-refractivity contribution in [2.45, 2.75) is 39.0 Å². The van der Waals surface area contributed by atoms with Crippen LogP contribution in [0.4, 0.5) is 0 Å². The monoisotopic (exact) mass is 242 g/mol. The number of ether oxygens (including phenoxy) is 1. The molecule has 0 aromatic heterocycles. The van der Waals surface area contributed by atoms with E-state index < -0.39 is 0 Å². The Bertz CT molecular complexity index is 229. The molecule has 0 heterocycles. The van der Waals surface area contributed by atoms with Crippen LogP contribution >= 0.6 is 0 Å². The maximum Gasteiger partial charge on any atom is 0.309 e. The van der Waals surface area contributed by atoms with Crippen molar-refractivity contribution < 1.29 is 14.0 Å². The summed E-state index contributed by atoms with van der Waals surface area (Å²) in [5.74, 6) is -0.120. The van der Waals surface area contributed by atoms with Crippen LogP contribution in [-0.2, 0) is 9.53 Å². The van der Waals surface area contributed by atoms with Crippen molar-refractivity contribution >= 4 is 5.97 Å². The molecule has 0 aromatic rings. The summed E-state index contributed by atoms with van der Waals surface area (Å²) in [7, 11) is 6.25. The van der Waals surface area contributed by atoms with E-state index in [1.54, 1.807) is 0 Å². The number of hydrogen-bond acceptors (Lipinski definition) is 2. The largest absolute Gasteiger partial charge is 0.459 e. The van der Waals surface area contributed by atoms with Crippen molar-refractivity contribution in [3.8, 4) is 0 Å². The number of allylic oxidation sites excluding steroid dienone is 1. The molecule has 0 saturated heterocycles. The lowest BCUT2D eigenvalue weighted by molar-refractivity contribution is -0.870. The van der Waals surface area contributed by atoms with Gasteiger partial charge in [0.05, 0.1) is 27.6 Å². The van der Waals surface area contributed by atoms with Crippen molar-refractivity contribution in [1.29, 1.82) is 0 Å². The first-order valence-corrected chi connectivity index (χ1v) is 6.57. The van der Waals surface area contributed by atoms with Crippen molar-refractivity contribution in [3.05, 3.63) is 12.2 Å². The van der Waals surface area contributed by atoms with E-state index in [4.69, 9.17) is 4.74 Å². The normalized spacial score (nSPS) is 12.0. The third kappa shape index (κ3) is 13.1. The molecule has 0 saturated carbocycles. The molecule has 0 spiro atoms. The van der Waals surface area contributed by atoms with Gasteiger partial charge in [0.2, 0.25) is 0 Å². The van der Waals surface area contributed by atoms with E-state index in [9.17, 15) is 4.79 Å². The lowest BCUT2D eigenvalue weighted by Gasteiger charge is -2.23. The average Bonchev–Trinajstić information content (AvgIpc) is 2.21. The minimum atomic E-state index is -0.120. The van der Waals surface area contributed by atoms with Crippen LogP contribution in [0.15, 0.2) is 12.2 Å². The minimum absolute atomic E-state index is 0.120. The Morgan fingerprint density at radius 3 is 2.47 bits per heavy atom. The second kappa shape index (κ2) is 9.23. The lowest BCUT2D eigenvalue weighted by Crippen LogP contribution is -2.37. The quantitative estimate of drug-likeness (QED) is 0.269. The predicted molar refractivity (Wildman–Crippen MR) is 71.8 cm³/mol. The highest BCUT2D eigenvalue weighted by Crippen LogP contribution is 2.00. The molecule has 3 heteroatoms. The van der Waals surface area contributed by atoms with Crippen molar-refractivity contribution in [3.63, 3.8) is 0 Å². The zero-order valence-electron chi connectivity index (χ0n) is 11.9. The van der Waals surface area contributed by atoms with Gasteiger partial charge in [0.1, 0.15) is 13.2 Å². The zero-order chi connectivity index (χ0) is 13.1. The van der Waals surface area contributed by atoms with Crippen LogP contribution in [0, 0.1) is 0 Å². The molecule has 0 bridgehead atoms. The van der Waals surface area contributed by atoms with Crippen LogP contribution in [0.5, 0.6) is 0 Å². The van der Waals surface area contributed by atoms with E-state index in [0.717, 1.165) is 17.4 Å².